The van der Waals surface area contributed by atoms with Crippen LogP contribution in [-0.2, 0) is 43.3 Å². The summed E-state index contributed by atoms with van der Waals surface area (Å²) in [5.74, 6) is -5.94. The molecule has 0 saturated heterocycles. The Kier molecular flexibility index (Phi) is 14.6. The highest BCUT2D eigenvalue weighted by Gasteiger charge is 2.37. The van der Waals surface area contributed by atoms with Crippen LogP contribution in [0.3, 0.4) is 0 Å². The van der Waals surface area contributed by atoms with Gasteiger partial charge in [0, 0.05) is 32.9 Å². The molecule has 2 aliphatic carbocycles. The van der Waals surface area contributed by atoms with Crippen LogP contribution in [0.5, 0.6) is 0 Å². The molecule has 16 N–H and O–H groups in total. The Morgan fingerprint density at radius 3 is 1.23 bits per heavy atom. The Labute approximate surface area is 347 Å². The maximum absolute atomic E-state index is 12.5. The molecule has 0 amide bonds. The van der Waals surface area contributed by atoms with Crippen LogP contribution in [0.25, 0.3) is 21.8 Å². The van der Waals surface area contributed by atoms with Crippen LogP contribution in [0.2, 0.25) is 0 Å². The van der Waals surface area contributed by atoms with Gasteiger partial charge in [-0.25, -0.2) is 19.2 Å². The number of nitrogens with two attached hydrogens (primary N) is 4. The average Bonchev–Trinajstić information content (AvgIpc) is 4.04. The monoisotopic (exact) mass is 844 g/mol. The number of carbonyl (C=O) groups excluding carboxylic acids is 2. The molecule has 0 saturated carbocycles. The van der Waals surface area contributed by atoms with Gasteiger partial charge in [-0.3, -0.25) is 9.59 Å². The van der Waals surface area contributed by atoms with E-state index in [2.05, 4.69) is 23.8 Å². The Balaban J connectivity index is 0.000000210. The number of carboxylic acids is 4. The van der Waals surface area contributed by atoms with Crippen molar-refractivity contribution in [1.29, 1.82) is 0 Å². The molecular formula is C42H48N6O13. The zero-order valence-corrected chi connectivity index (χ0v) is 33.2. The van der Waals surface area contributed by atoms with Crippen molar-refractivity contribution in [3.63, 3.8) is 0 Å². The number of aromatic amines is 2. The number of H-pyrrole nitrogens is 2. The number of hydrogen-bond donors (Lipinski definition) is 10. The highest BCUT2D eigenvalue weighted by atomic mass is 16.4. The van der Waals surface area contributed by atoms with Gasteiger partial charge in [0.2, 0.25) is 11.6 Å². The van der Waals surface area contributed by atoms with Crippen LogP contribution in [0.4, 0.5) is 0 Å². The molecule has 2 atom stereocenters. The van der Waals surface area contributed by atoms with E-state index in [1.54, 1.807) is 36.4 Å². The van der Waals surface area contributed by atoms with E-state index in [0.717, 1.165) is 82.8 Å². The van der Waals surface area contributed by atoms with E-state index in [-0.39, 0.29) is 17.0 Å². The maximum Gasteiger partial charge on any atom is 0.414 e. The summed E-state index contributed by atoms with van der Waals surface area (Å²) in [6, 6.07) is 18.1. The first kappa shape index (κ1) is 46.8. The van der Waals surface area contributed by atoms with Gasteiger partial charge in [-0.05, 0) is 109 Å². The summed E-state index contributed by atoms with van der Waals surface area (Å²) in [4.78, 5) is 68.2. The van der Waals surface area contributed by atoms with Gasteiger partial charge >= 0.3 is 23.9 Å². The highest BCUT2D eigenvalue weighted by Crippen LogP contribution is 2.40. The SMILES string of the molecule is CCC1Cc2c([nH]c3ccc(C(=O)c4ccco4)cc23)C(N)(N)C1.CCC1Cc2c([nH]c3ccc(C(=O)c4ccco4)cc23)C(N)(N)C1.O.O=C(O)C(=O)O.O=C(O)C(=O)O. The summed E-state index contributed by atoms with van der Waals surface area (Å²) in [6.07, 6.45) is 8.48. The number of aromatic nitrogens is 2. The number of fused-ring (bicyclic) bond motifs is 6. The van der Waals surface area contributed by atoms with Gasteiger partial charge in [0.05, 0.1) is 23.9 Å². The molecule has 61 heavy (non-hydrogen) atoms. The number of furan rings is 2. The number of benzene rings is 2. The lowest BCUT2D eigenvalue weighted by atomic mass is 9.79. The molecule has 2 aromatic carbocycles. The lowest BCUT2D eigenvalue weighted by Gasteiger charge is -2.34. The van der Waals surface area contributed by atoms with Crippen LogP contribution in [-0.4, -0.2) is 71.3 Å². The van der Waals surface area contributed by atoms with Crippen LogP contribution < -0.4 is 22.9 Å². The number of carboxylic acid groups (broad SMARTS) is 4. The quantitative estimate of drug-likeness (QED) is 0.0651. The second kappa shape index (κ2) is 19.0. The first-order chi connectivity index (χ1) is 28.3. The van der Waals surface area contributed by atoms with E-state index in [0.29, 0.717) is 34.5 Å². The molecule has 0 spiro atoms. The van der Waals surface area contributed by atoms with Gasteiger partial charge in [0.25, 0.3) is 0 Å². The van der Waals surface area contributed by atoms with Gasteiger partial charge < -0.3 is 67.6 Å². The minimum Gasteiger partial charge on any atom is -0.473 e. The summed E-state index contributed by atoms with van der Waals surface area (Å²) in [6.45, 7) is 4.32. The molecule has 0 fully saturated rings. The van der Waals surface area contributed by atoms with Crippen molar-refractivity contribution < 1.29 is 63.5 Å². The minimum absolute atomic E-state index is 0. The summed E-state index contributed by atoms with van der Waals surface area (Å²) in [7, 11) is 0. The van der Waals surface area contributed by atoms with Crippen LogP contribution >= 0.6 is 0 Å². The van der Waals surface area contributed by atoms with Crippen LogP contribution in [0.1, 0.15) is 94.3 Å². The predicted molar refractivity (Wildman–Crippen MR) is 219 cm³/mol. The second-order valence-electron chi connectivity index (χ2n) is 14.8. The largest absolute Gasteiger partial charge is 0.473 e. The molecule has 2 aliphatic rings. The van der Waals surface area contributed by atoms with Gasteiger partial charge in [-0.1, -0.05) is 26.7 Å². The van der Waals surface area contributed by atoms with Crippen molar-refractivity contribution >= 4 is 57.2 Å². The molecule has 19 heteroatoms. The third-order valence-electron chi connectivity index (χ3n) is 10.5. The third-order valence-corrected chi connectivity index (χ3v) is 10.5. The zero-order chi connectivity index (χ0) is 44.1. The van der Waals surface area contributed by atoms with Gasteiger partial charge in [-0.2, -0.15) is 0 Å². The van der Waals surface area contributed by atoms with E-state index in [1.807, 2.05) is 24.3 Å². The third kappa shape index (κ3) is 10.5. The fourth-order valence-electron chi connectivity index (χ4n) is 7.56. The van der Waals surface area contributed by atoms with Crippen molar-refractivity contribution in [3.05, 3.63) is 118 Å². The van der Waals surface area contributed by atoms with Crippen molar-refractivity contribution in [2.75, 3.05) is 0 Å². The molecule has 2 unspecified atom stereocenters. The minimum atomic E-state index is -1.82. The molecule has 4 heterocycles. The van der Waals surface area contributed by atoms with Crippen molar-refractivity contribution in [2.45, 2.75) is 63.7 Å². The first-order valence-corrected chi connectivity index (χ1v) is 18.8. The topological polar surface area (TPSA) is 377 Å². The van der Waals surface area contributed by atoms with Gasteiger partial charge in [-0.15, -0.1) is 0 Å². The Bertz CT molecular complexity index is 2350. The lowest BCUT2D eigenvalue weighted by molar-refractivity contribution is -0.159. The Morgan fingerprint density at radius 2 is 0.951 bits per heavy atom. The number of carbonyl (C=O) groups is 6. The second-order valence-corrected chi connectivity index (χ2v) is 14.8. The first-order valence-electron chi connectivity index (χ1n) is 18.8. The number of aliphatic carboxylic acids is 4. The molecule has 6 aromatic rings. The zero-order valence-electron chi connectivity index (χ0n) is 33.2. The Morgan fingerprint density at radius 1 is 0.607 bits per heavy atom. The van der Waals surface area contributed by atoms with E-state index >= 15 is 0 Å². The summed E-state index contributed by atoms with van der Waals surface area (Å²) >= 11 is 0. The lowest BCUT2D eigenvalue weighted by Crippen LogP contribution is -2.50. The fourth-order valence-corrected chi connectivity index (χ4v) is 7.56. The molecular weight excluding hydrogens is 796 g/mol. The standard InChI is InChI=1S/2C19H21N3O2.2C2H2O4.H2O/c2*1-2-11-8-14-13-9-12(17(23)16-4-3-7-24-16)5-6-15(13)22-18(14)19(20,21)10-11;2*3-1(4)2(5)6;/h2*3-7,9,11,22H,2,8,10,20-21H2,1H3;2*(H,3,4)(H,5,6);1H2. The molecule has 324 valence electrons. The molecule has 0 bridgehead atoms. The fraction of sp³-hybridized carbons (Fsp3) is 0.286. The van der Waals surface area contributed by atoms with Gasteiger partial charge in [0.15, 0.2) is 11.5 Å². The Hall–Kier alpha value is -6.90. The average molecular weight is 845 g/mol. The predicted octanol–water partition coefficient (Wildman–Crippen LogP) is 3.56. The normalized spacial score (nSPS) is 16.7. The summed E-state index contributed by atoms with van der Waals surface area (Å²) < 4.78 is 10.5. The highest BCUT2D eigenvalue weighted by molar-refractivity contribution is 6.28. The molecule has 8 rings (SSSR count). The molecule has 0 radical (unpaired) electrons. The number of hydrogen-bond acceptors (Lipinski definition) is 12. The smallest absolute Gasteiger partial charge is 0.414 e. The van der Waals surface area contributed by atoms with E-state index in [1.165, 1.54) is 12.5 Å². The van der Waals surface area contributed by atoms with Crippen LogP contribution in [0.15, 0.2) is 82.0 Å². The number of rotatable bonds is 6. The van der Waals surface area contributed by atoms with Crippen molar-refractivity contribution in [1.82, 2.24) is 9.97 Å². The van der Waals surface area contributed by atoms with Crippen molar-refractivity contribution in [2.24, 2.45) is 34.8 Å². The number of ketones is 2. The summed E-state index contributed by atoms with van der Waals surface area (Å²) in [5.41, 5.74) is 31.0. The van der Waals surface area contributed by atoms with Crippen LogP contribution in [0, 0.1) is 11.8 Å². The molecule has 4 aromatic heterocycles. The molecule has 0 aliphatic heterocycles. The van der Waals surface area contributed by atoms with Crippen molar-refractivity contribution in [3.8, 4) is 0 Å². The summed E-state index contributed by atoms with van der Waals surface area (Å²) in [5, 5.41) is 31.6. The molecule has 19 nitrogen and oxygen atoms in total. The van der Waals surface area contributed by atoms with E-state index in [9.17, 15) is 9.59 Å². The maximum atomic E-state index is 12.5. The van der Waals surface area contributed by atoms with Gasteiger partial charge in [0.1, 0.15) is 11.3 Å². The van der Waals surface area contributed by atoms with E-state index in [4.69, 9.17) is 71.4 Å². The number of nitrogens with one attached hydrogen (secondary N) is 2. The van der Waals surface area contributed by atoms with E-state index < -0.39 is 35.2 Å².